The highest BCUT2D eigenvalue weighted by Gasteiger charge is 2.35. The van der Waals surface area contributed by atoms with Gasteiger partial charge in [-0.25, -0.2) is 4.39 Å². The quantitative estimate of drug-likeness (QED) is 0.458. The molecule has 0 amide bonds. The smallest absolute Gasteiger partial charge is 0.196 e. The molecule has 1 atom stereocenters. The van der Waals surface area contributed by atoms with Crippen LogP contribution < -0.4 is 0 Å². The second-order valence-electron chi connectivity index (χ2n) is 6.76. The van der Waals surface area contributed by atoms with Gasteiger partial charge < -0.3 is 0 Å². The molecule has 8 heteroatoms. The van der Waals surface area contributed by atoms with Crippen LogP contribution in [0.3, 0.4) is 0 Å². The molecule has 5 aromatic rings. The van der Waals surface area contributed by atoms with Crippen molar-refractivity contribution in [2.45, 2.75) is 19.5 Å². The van der Waals surface area contributed by atoms with E-state index in [1.165, 1.54) is 23.0 Å². The third-order valence-corrected chi connectivity index (χ3v) is 5.61. The third-order valence-electron chi connectivity index (χ3n) is 4.71. The summed E-state index contributed by atoms with van der Waals surface area (Å²) in [5, 5.41) is 13.7. The van der Waals surface area contributed by atoms with E-state index in [2.05, 4.69) is 24.7 Å². The van der Waals surface area contributed by atoms with Crippen molar-refractivity contribution in [2.24, 2.45) is 0 Å². The maximum absolute atomic E-state index is 16.0. The topological polar surface area (TPSA) is 68.9 Å². The van der Waals surface area contributed by atoms with Gasteiger partial charge in [0.2, 0.25) is 0 Å². The van der Waals surface area contributed by atoms with Crippen LogP contribution in [0.5, 0.6) is 0 Å². The van der Waals surface area contributed by atoms with Gasteiger partial charge >= 0.3 is 0 Å². The minimum Gasteiger partial charge on any atom is -0.256 e. The maximum Gasteiger partial charge on any atom is 0.196 e. The molecule has 0 aliphatic rings. The molecule has 28 heavy (non-hydrogen) atoms. The van der Waals surface area contributed by atoms with Crippen molar-refractivity contribution in [2.75, 3.05) is 0 Å². The molecule has 0 aliphatic heterocycles. The van der Waals surface area contributed by atoms with Crippen LogP contribution >= 0.6 is 11.5 Å². The maximum atomic E-state index is 16.0. The number of fused-ring (bicyclic) bond motifs is 2. The van der Waals surface area contributed by atoms with E-state index < -0.39 is 5.67 Å². The molecular weight excluding hydrogens is 375 g/mol. The highest BCUT2D eigenvalue weighted by Crippen LogP contribution is 2.34. The summed E-state index contributed by atoms with van der Waals surface area (Å²) in [5.74, 6) is 0.133. The standard InChI is InChI=1S/C20H15FN6S/c1-12-10-17(28-26-12)16-7-8-18-23-24-19(27(18)25-16)20(2,21)14-5-6-15-13(11-14)4-3-9-22-15/h3-11H,1-2H3. The van der Waals surface area contributed by atoms with Crippen molar-refractivity contribution in [1.82, 2.24) is 29.2 Å². The lowest BCUT2D eigenvalue weighted by atomic mass is 9.95. The number of rotatable bonds is 3. The van der Waals surface area contributed by atoms with Gasteiger partial charge in [-0.1, -0.05) is 12.1 Å². The minimum atomic E-state index is -1.88. The Morgan fingerprint density at radius 1 is 1.07 bits per heavy atom. The summed E-state index contributed by atoms with van der Waals surface area (Å²) in [6.07, 6.45) is 1.72. The summed E-state index contributed by atoms with van der Waals surface area (Å²) in [6.45, 7) is 3.40. The van der Waals surface area contributed by atoms with Gasteiger partial charge in [0.25, 0.3) is 0 Å². The first-order valence-corrected chi connectivity index (χ1v) is 9.50. The van der Waals surface area contributed by atoms with Crippen LogP contribution in [0.1, 0.15) is 24.0 Å². The molecule has 0 N–H and O–H groups in total. The lowest BCUT2D eigenvalue weighted by Crippen LogP contribution is -2.22. The van der Waals surface area contributed by atoms with Crippen LogP contribution in [0, 0.1) is 6.92 Å². The summed E-state index contributed by atoms with van der Waals surface area (Å²) in [4.78, 5) is 5.20. The number of halogens is 1. The summed E-state index contributed by atoms with van der Waals surface area (Å²) in [6, 6.07) is 14.7. The van der Waals surface area contributed by atoms with Gasteiger partial charge in [-0.2, -0.15) is 14.0 Å². The van der Waals surface area contributed by atoms with Crippen LogP contribution in [-0.2, 0) is 5.67 Å². The zero-order valence-electron chi connectivity index (χ0n) is 15.2. The Balaban J connectivity index is 1.65. The Bertz CT molecular complexity index is 1320. The lowest BCUT2D eigenvalue weighted by Gasteiger charge is -2.19. The second-order valence-corrected chi connectivity index (χ2v) is 7.56. The van der Waals surface area contributed by atoms with Crippen molar-refractivity contribution < 1.29 is 4.39 Å². The molecule has 1 aromatic carbocycles. The number of alkyl halides is 1. The summed E-state index contributed by atoms with van der Waals surface area (Å²) >= 11 is 1.36. The molecule has 138 valence electrons. The van der Waals surface area contributed by atoms with Crippen LogP contribution in [0.2, 0.25) is 0 Å². The number of pyridine rings is 1. The zero-order valence-corrected chi connectivity index (χ0v) is 16.0. The van der Waals surface area contributed by atoms with Crippen LogP contribution in [0.25, 0.3) is 27.1 Å². The fourth-order valence-corrected chi connectivity index (χ4v) is 3.91. The number of hydrogen-bond acceptors (Lipinski definition) is 6. The normalized spacial score (nSPS) is 13.8. The Kier molecular flexibility index (Phi) is 3.70. The van der Waals surface area contributed by atoms with Crippen LogP contribution in [0.4, 0.5) is 4.39 Å². The van der Waals surface area contributed by atoms with Gasteiger partial charge in [0.05, 0.1) is 16.1 Å². The first-order chi connectivity index (χ1) is 13.5. The Hall–Kier alpha value is -3.26. The molecule has 5 rings (SSSR count). The second kappa shape index (κ2) is 6.13. The highest BCUT2D eigenvalue weighted by atomic mass is 32.1. The van der Waals surface area contributed by atoms with E-state index in [1.807, 2.05) is 37.3 Å². The summed E-state index contributed by atoms with van der Waals surface area (Å²) < 4.78 is 21.8. The van der Waals surface area contributed by atoms with E-state index in [4.69, 9.17) is 0 Å². The van der Waals surface area contributed by atoms with Crippen LogP contribution in [-0.4, -0.2) is 29.2 Å². The van der Waals surface area contributed by atoms with E-state index in [0.29, 0.717) is 16.9 Å². The van der Waals surface area contributed by atoms with Crippen molar-refractivity contribution in [3.63, 3.8) is 0 Å². The number of hydrogen-bond donors (Lipinski definition) is 0. The fraction of sp³-hybridized carbons (Fsp3) is 0.150. The molecular formula is C20H15FN6S. The number of benzene rings is 1. The molecule has 0 fully saturated rings. The molecule has 0 bridgehead atoms. The number of nitrogens with zero attached hydrogens (tertiary/aromatic N) is 6. The average Bonchev–Trinajstić information content (AvgIpc) is 3.33. The largest absolute Gasteiger partial charge is 0.256 e. The first kappa shape index (κ1) is 16.9. The number of aryl methyl sites for hydroxylation is 1. The van der Waals surface area contributed by atoms with Gasteiger partial charge in [0.1, 0.15) is 5.69 Å². The Morgan fingerprint density at radius 3 is 2.79 bits per heavy atom. The third kappa shape index (κ3) is 2.65. The molecule has 0 saturated heterocycles. The average molecular weight is 390 g/mol. The van der Waals surface area contributed by atoms with Crippen molar-refractivity contribution in [1.29, 1.82) is 0 Å². The van der Waals surface area contributed by atoms with Gasteiger partial charge in [-0.3, -0.25) is 4.98 Å². The molecule has 6 nitrogen and oxygen atoms in total. The molecule has 0 saturated carbocycles. The fourth-order valence-electron chi connectivity index (χ4n) is 3.19. The van der Waals surface area contributed by atoms with E-state index in [0.717, 1.165) is 21.5 Å². The Labute approximate surface area is 163 Å². The van der Waals surface area contributed by atoms with Gasteiger partial charge in [0, 0.05) is 11.6 Å². The minimum absolute atomic E-state index is 0.133. The monoisotopic (exact) mass is 390 g/mol. The van der Waals surface area contributed by atoms with E-state index in [-0.39, 0.29) is 5.82 Å². The lowest BCUT2D eigenvalue weighted by molar-refractivity contribution is 0.232. The van der Waals surface area contributed by atoms with Gasteiger partial charge in [-0.15, -0.1) is 10.2 Å². The molecule has 4 heterocycles. The van der Waals surface area contributed by atoms with Crippen molar-refractivity contribution in [3.8, 4) is 10.6 Å². The summed E-state index contributed by atoms with van der Waals surface area (Å²) in [5.41, 5.74) is 1.53. The zero-order chi connectivity index (χ0) is 19.3. The van der Waals surface area contributed by atoms with Gasteiger partial charge in [0.15, 0.2) is 17.1 Å². The molecule has 1 unspecified atom stereocenters. The first-order valence-electron chi connectivity index (χ1n) is 8.73. The molecule has 0 radical (unpaired) electrons. The number of aromatic nitrogens is 6. The van der Waals surface area contributed by atoms with Gasteiger partial charge in [-0.05, 0) is 67.3 Å². The molecule has 0 spiro atoms. The predicted octanol–water partition coefficient (Wildman–Crippen LogP) is 4.34. The molecule has 0 aliphatic carbocycles. The van der Waals surface area contributed by atoms with Crippen LogP contribution in [0.15, 0.2) is 54.7 Å². The van der Waals surface area contributed by atoms with E-state index >= 15 is 4.39 Å². The SMILES string of the molecule is Cc1cc(-c2ccc3nnc(C(C)(F)c4ccc5ncccc5c4)n3n2)sn1. The summed E-state index contributed by atoms with van der Waals surface area (Å²) in [7, 11) is 0. The highest BCUT2D eigenvalue weighted by molar-refractivity contribution is 7.09. The van der Waals surface area contributed by atoms with Crippen molar-refractivity contribution >= 4 is 28.1 Å². The predicted molar refractivity (Wildman–Crippen MR) is 106 cm³/mol. The van der Waals surface area contributed by atoms with Crippen molar-refractivity contribution in [3.05, 3.63) is 71.8 Å². The van der Waals surface area contributed by atoms with E-state index in [1.54, 1.807) is 24.4 Å². The van der Waals surface area contributed by atoms with E-state index in [9.17, 15) is 0 Å². The Morgan fingerprint density at radius 2 is 1.96 bits per heavy atom. The molecule has 4 aromatic heterocycles.